The monoisotopic (exact) mass is 317 g/mol. The van der Waals surface area contributed by atoms with Crippen LogP contribution in [0, 0.1) is 0 Å². The largest absolute Gasteiger partial charge is 0.495 e. The van der Waals surface area contributed by atoms with Crippen molar-refractivity contribution >= 4 is 23.5 Å². The van der Waals surface area contributed by atoms with Crippen molar-refractivity contribution in [2.45, 2.75) is 0 Å². The summed E-state index contributed by atoms with van der Waals surface area (Å²) in [5.74, 6) is -3.24. The van der Waals surface area contributed by atoms with Crippen LogP contribution < -0.4 is 10.1 Å². The fourth-order valence-corrected chi connectivity index (χ4v) is 1.77. The minimum atomic E-state index is -1.39. The Morgan fingerprint density at radius 2 is 1.70 bits per heavy atom. The maximum absolute atomic E-state index is 12.2. The Labute approximate surface area is 129 Å². The van der Waals surface area contributed by atoms with E-state index in [2.05, 4.69) is 15.3 Å². The van der Waals surface area contributed by atoms with Gasteiger partial charge in [-0.2, -0.15) is 0 Å². The van der Waals surface area contributed by atoms with Gasteiger partial charge in [-0.05, 0) is 18.2 Å². The van der Waals surface area contributed by atoms with Crippen molar-refractivity contribution in [3.05, 3.63) is 47.5 Å². The molecule has 2 rings (SSSR count). The summed E-state index contributed by atoms with van der Waals surface area (Å²) >= 11 is 0. The van der Waals surface area contributed by atoms with Crippen molar-refractivity contribution in [3.8, 4) is 5.75 Å². The third kappa shape index (κ3) is 3.40. The van der Waals surface area contributed by atoms with Gasteiger partial charge in [-0.1, -0.05) is 0 Å². The molecule has 1 aromatic carbocycles. The van der Waals surface area contributed by atoms with Gasteiger partial charge in [0, 0.05) is 12.4 Å². The van der Waals surface area contributed by atoms with Gasteiger partial charge >= 0.3 is 11.9 Å². The molecule has 1 amide bonds. The van der Waals surface area contributed by atoms with Crippen molar-refractivity contribution in [1.82, 2.24) is 9.97 Å². The van der Waals surface area contributed by atoms with Gasteiger partial charge in [0.05, 0.1) is 18.4 Å². The number of nitrogens with one attached hydrogen (secondary N) is 1. The summed E-state index contributed by atoms with van der Waals surface area (Å²) in [6.07, 6.45) is 2.34. The van der Waals surface area contributed by atoms with Crippen LogP contribution in [0.1, 0.15) is 31.3 Å². The molecule has 23 heavy (non-hydrogen) atoms. The predicted molar refractivity (Wildman–Crippen MR) is 76.9 cm³/mol. The molecular formula is C14H11N3O6. The van der Waals surface area contributed by atoms with E-state index in [-0.39, 0.29) is 22.7 Å². The number of methoxy groups -OCH3 is 1. The summed E-state index contributed by atoms with van der Waals surface area (Å²) in [4.78, 5) is 41.4. The molecule has 2 aromatic rings. The second-order valence-corrected chi connectivity index (χ2v) is 4.23. The van der Waals surface area contributed by atoms with E-state index in [0.717, 1.165) is 6.20 Å². The lowest BCUT2D eigenvalue weighted by atomic mass is 10.2. The molecule has 3 N–H and O–H groups in total. The maximum Gasteiger partial charge on any atom is 0.356 e. The minimum absolute atomic E-state index is 0.0226. The normalized spacial score (nSPS) is 9.96. The van der Waals surface area contributed by atoms with Crippen LogP contribution in [0.15, 0.2) is 30.6 Å². The molecule has 1 heterocycles. The first-order valence-electron chi connectivity index (χ1n) is 6.21. The van der Waals surface area contributed by atoms with Crippen LogP contribution in [-0.2, 0) is 0 Å². The number of aromatic nitrogens is 2. The SMILES string of the molecule is COc1cc(C(=O)O)ccc1NC(=O)c1nccnc1C(=O)O. The van der Waals surface area contributed by atoms with Crippen molar-refractivity contribution in [2.75, 3.05) is 12.4 Å². The van der Waals surface area contributed by atoms with Gasteiger partial charge in [0.15, 0.2) is 11.4 Å². The number of hydrogen-bond donors (Lipinski definition) is 3. The standard InChI is InChI=1S/C14H11N3O6/c1-23-9-6-7(13(19)20)2-3-8(9)17-12(18)10-11(14(21)22)16-5-4-15-10/h2-6H,1H3,(H,17,18)(H,19,20)(H,21,22). The van der Waals surface area contributed by atoms with Gasteiger partial charge in [-0.3, -0.25) is 4.79 Å². The highest BCUT2D eigenvalue weighted by atomic mass is 16.5. The number of nitrogens with zero attached hydrogens (tertiary/aromatic N) is 2. The summed E-state index contributed by atoms with van der Waals surface area (Å²) < 4.78 is 5.02. The molecule has 0 bridgehead atoms. The van der Waals surface area contributed by atoms with E-state index >= 15 is 0 Å². The number of rotatable bonds is 5. The molecule has 0 aliphatic heterocycles. The summed E-state index contributed by atoms with van der Waals surface area (Å²) in [6.45, 7) is 0. The van der Waals surface area contributed by atoms with Crippen LogP contribution in [0.4, 0.5) is 5.69 Å². The van der Waals surface area contributed by atoms with E-state index in [4.69, 9.17) is 14.9 Å². The van der Waals surface area contributed by atoms with Crippen LogP contribution in [0.5, 0.6) is 5.75 Å². The summed E-state index contributed by atoms with van der Waals surface area (Å²) in [6, 6.07) is 3.83. The van der Waals surface area contributed by atoms with Gasteiger partial charge in [0.25, 0.3) is 5.91 Å². The lowest BCUT2D eigenvalue weighted by Crippen LogP contribution is -2.19. The van der Waals surface area contributed by atoms with Crippen LogP contribution in [-0.4, -0.2) is 45.1 Å². The second kappa shape index (κ2) is 6.52. The third-order valence-electron chi connectivity index (χ3n) is 2.81. The number of hydrogen-bond acceptors (Lipinski definition) is 6. The molecule has 0 spiro atoms. The lowest BCUT2D eigenvalue weighted by Gasteiger charge is -2.11. The number of carbonyl (C=O) groups excluding carboxylic acids is 1. The van der Waals surface area contributed by atoms with E-state index in [1.807, 2.05) is 0 Å². The molecule has 0 fully saturated rings. The Kier molecular flexibility index (Phi) is 4.50. The Morgan fingerprint density at radius 1 is 1.04 bits per heavy atom. The number of carboxylic acid groups (broad SMARTS) is 2. The van der Waals surface area contributed by atoms with E-state index < -0.39 is 23.5 Å². The van der Waals surface area contributed by atoms with Crippen LogP contribution >= 0.6 is 0 Å². The zero-order chi connectivity index (χ0) is 17.0. The third-order valence-corrected chi connectivity index (χ3v) is 2.81. The number of aromatic carboxylic acids is 2. The molecule has 0 unspecified atom stereocenters. The molecule has 0 aliphatic carbocycles. The first kappa shape index (κ1) is 15.9. The molecule has 9 heteroatoms. The van der Waals surface area contributed by atoms with Crippen molar-refractivity contribution in [2.24, 2.45) is 0 Å². The Hall–Kier alpha value is -3.49. The highest BCUT2D eigenvalue weighted by molar-refractivity contribution is 6.09. The van der Waals surface area contributed by atoms with Gasteiger partial charge < -0.3 is 20.3 Å². The highest BCUT2D eigenvalue weighted by Crippen LogP contribution is 2.26. The zero-order valence-corrected chi connectivity index (χ0v) is 11.8. The fourth-order valence-electron chi connectivity index (χ4n) is 1.77. The summed E-state index contributed by atoms with van der Waals surface area (Å²) in [7, 11) is 1.31. The molecule has 9 nitrogen and oxygen atoms in total. The zero-order valence-electron chi connectivity index (χ0n) is 11.8. The molecule has 0 radical (unpaired) electrons. The molecule has 1 aromatic heterocycles. The number of carboxylic acids is 2. The van der Waals surface area contributed by atoms with E-state index in [1.54, 1.807) is 0 Å². The molecule has 0 saturated heterocycles. The first-order chi connectivity index (χ1) is 10.9. The Bertz CT molecular complexity index is 790. The maximum atomic E-state index is 12.2. The molecule has 0 atom stereocenters. The van der Waals surface area contributed by atoms with Gasteiger partial charge in [-0.15, -0.1) is 0 Å². The van der Waals surface area contributed by atoms with Crippen molar-refractivity contribution in [3.63, 3.8) is 0 Å². The van der Waals surface area contributed by atoms with Crippen LogP contribution in [0.25, 0.3) is 0 Å². The molecule has 118 valence electrons. The van der Waals surface area contributed by atoms with Gasteiger partial charge in [0.1, 0.15) is 5.75 Å². The van der Waals surface area contributed by atoms with Crippen LogP contribution in [0.3, 0.4) is 0 Å². The van der Waals surface area contributed by atoms with E-state index in [0.29, 0.717) is 0 Å². The van der Waals surface area contributed by atoms with Gasteiger partial charge in [0.2, 0.25) is 0 Å². The average Bonchev–Trinajstić information content (AvgIpc) is 2.54. The average molecular weight is 317 g/mol. The topological polar surface area (TPSA) is 139 Å². The Morgan fingerprint density at radius 3 is 2.26 bits per heavy atom. The quantitative estimate of drug-likeness (QED) is 0.746. The van der Waals surface area contributed by atoms with Crippen LogP contribution in [0.2, 0.25) is 0 Å². The number of amides is 1. The number of benzene rings is 1. The predicted octanol–water partition coefficient (Wildman–Crippen LogP) is 1.13. The molecule has 0 saturated carbocycles. The molecule has 0 aliphatic rings. The molecular weight excluding hydrogens is 306 g/mol. The smallest absolute Gasteiger partial charge is 0.356 e. The number of anilines is 1. The number of carbonyl (C=O) groups is 3. The summed E-state index contributed by atoms with van der Waals surface area (Å²) in [5.41, 5.74) is -0.717. The second-order valence-electron chi connectivity index (χ2n) is 4.23. The van der Waals surface area contributed by atoms with E-state index in [9.17, 15) is 14.4 Å². The highest BCUT2D eigenvalue weighted by Gasteiger charge is 2.20. The van der Waals surface area contributed by atoms with E-state index in [1.165, 1.54) is 31.5 Å². The first-order valence-corrected chi connectivity index (χ1v) is 6.21. The van der Waals surface area contributed by atoms with Crippen molar-refractivity contribution < 1.29 is 29.3 Å². The summed E-state index contributed by atoms with van der Waals surface area (Å²) in [5, 5.41) is 20.3. The lowest BCUT2D eigenvalue weighted by molar-refractivity contribution is 0.0679. The number of ether oxygens (including phenoxy) is 1. The fraction of sp³-hybridized carbons (Fsp3) is 0.0714. The minimum Gasteiger partial charge on any atom is -0.495 e. The van der Waals surface area contributed by atoms with Gasteiger partial charge in [-0.25, -0.2) is 19.6 Å². The van der Waals surface area contributed by atoms with Crippen molar-refractivity contribution in [1.29, 1.82) is 0 Å². The Balaban J connectivity index is 2.34.